The molecule has 154 valence electrons. The van der Waals surface area contributed by atoms with Gasteiger partial charge in [-0.05, 0) is 57.2 Å². The van der Waals surface area contributed by atoms with Crippen molar-refractivity contribution in [1.82, 2.24) is 9.88 Å². The lowest BCUT2D eigenvalue weighted by atomic mass is 9.89. The number of aromatic nitrogens is 1. The number of ether oxygens (including phenoxy) is 1. The summed E-state index contributed by atoms with van der Waals surface area (Å²) in [7, 11) is 0. The first-order valence-corrected chi connectivity index (χ1v) is 9.91. The maximum absolute atomic E-state index is 13.0. The van der Waals surface area contributed by atoms with Crippen LogP contribution in [-0.4, -0.2) is 54.5 Å². The summed E-state index contributed by atoms with van der Waals surface area (Å²) in [6.45, 7) is 8.36. The largest absolute Gasteiger partial charge is 0.494 e. The van der Waals surface area contributed by atoms with Crippen molar-refractivity contribution >= 4 is 23.3 Å². The fourth-order valence-corrected chi connectivity index (χ4v) is 3.26. The van der Waals surface area contributed by atoms with E-state index < -0.39 is 5.41 Å². The molecule has 1 fully saturated rings. The molecule has 0 aliphatic carbocycles. The Kier molecular flexibility index (Phi) is 6.36. The fraction of sp³-hybridized carbons (Fsp3) is 0.409. The summed E-state index contributed by atoms with van der Waals surface area (Å²) in [5.74, 6) is 1.17. The third-order valence-electron chi connectivity index (χ3n) is 5.07. The molecule has 7 heteroatoms. The van der Waals surface area contributed by atoms with Crippen LogP contribution >= 0.6 is 0 Å². The first kappa shape index (κ1) is 20.6. The van der Waals surface area contributed by atoms with Gasteiger partial charge in [-0.15, -0.1) is 0 Å². The number of piperazine rings is 1. The maximum atomic E-state index is 13.0. The van der Waals surface area contributed by atoms with E-state index in [2.05, 4.69) is 15.2 Å². The quantitative estimate of drug-likeness (QED) is 0.760. The van der Waals surface area contributed by atoms with Crippen molar-refractivity contribution in [2.75, 3.05) is 43.0 Å². The second-order valence-electron chi connectivity index (χ2n) is 7.50. The van der Waals surface area contributed by atoms with Crippen molar-refractivity contribution in [3.05, 3.63) is 48.7 Å². The van der Waals surface area contributed by atoms with Gasteiger partial charge in [0.25, 0.3) is 0 Å². The zero-order valence-electron chi connectivity index (χ0n) is 17.2. The van der Waals surface area contributed by atoms with Gasteiger partial charge in [0, 0.05) is 38.1 Å². The minimum atomic E-state index is -1.16. The van der Waals surface area contributed by atoms with Crippen LogP contribution in [0.15, 0.2) is 48.7 Å². The molecule has 7 nitrogen and oxygen atoms in total. The van der Waals surface area contributed by atoms with Gasteiger partial charge in [0.15, 0.2) is 0 Å². The topological polar surface area (TPSA) is 74.8 Å². The molecular weight excluding hydrogens is 368 g/mol. The number of benzene rings is 1. The number of carbonyl (C=O) groups is 2. The van der Waals surface area contributed by atoms with E-state index in [1.807, 2.05) is 25.1 Å². The predicted octanol–water partition coefficient (Wildman–Crippen LogP) is 2.79. The zero-order valence-corrected chi connectivity index (χ0v) is 17.2. The second kappa shape index (κ2) is 8.94. The van der Waals surface area contributed by atoms with Crippen molar-refractivity contribution in [3.8, 4) is 5.75 Å². The lowest BCUT2D eigenvalue weighted by Crippen LogP contribution is -2.54. The van der Waals surface area contributed by atoms with Crippen molar-refractivity contribution in [1.29, 1.82) is 0 Å². The molecule has 1 aliphatic rings. The van der Waals surface area contributed by atoms with Gasteiger partial charge in [0.05, 0.1) is 6.61 Å². The highest BCUT2D eigenvalue weighted by atomic mass is 16.5. The monoisotopic (exact) mass is 396 g/mol. The number of hydrogen-bond donors (Lipinski definition) is 1. The molecule has 1 saturated heterocycles. The second-order valence-corrected chi connectivity index (χ2v) is 7.50. The average Bonchev–Trinajstić information content (AvgIpc) is 2.75. The Morgan fingerprint density at radius 3 is 2.34 bits per heavy atom. The van der Waals surface area contributed by atoms with E-state index in [0.717, 1.165) is 11.6 Å². The summed E-state index contributed by atoms with van der Waals surface area (Å²) in [6, 6.07) is 12.9. The van der Waals surface area contributed by atoms with Gasteiger partial charge in [0.1, 0.15) is 17.0 Å². The van der Waals surface area contributed by atoms with E-state index in [9.17, 15) is 9.59 Å². The molecule has 0 atom stereocenters. The van der Waals surface area contributed by atoms with Crippen molar-refractivity contribution in [2.24, 2.45) is 5.41 Å². The molecular formula is C22H28N4O3. The molecule has 1 aromatic heterocycles. The minimum absolute atomic E-state index is 0.165. The van der Waals surface area contributed by atoms with Crippen LogP contribution in [0.3, 0.4) is 0 Å². The van der Waals surface area contributed by atoms with Crippen LogP contribution in [-0.2, 0) is 9.59 Å². The van der Waals surface area contributed by atoms with Gasteiger partial charge in [-0.3, -0.25) is 9.59 Å². The summed E-state index contributed by atoms with van der Waals surface area (Å²) in [5.41, 5.74) is -0.523. The molecule has 0 unspecified atom stereocenters. The SMILES string of the molecule is CCOc1ccc(NC(=O)C(C)(C)C(=O)N2CCN(c3ccccn3)CC2)cc1. The minimum Gasteiger partial charge on any atom is -0.494 e. The number of carbonyl (C=O) groups excluding carboxylic acids is 2. The Labute approximate surface area is 171 Å². The molecule has 0 radical (unpaired) electrons. The summed E-state index contributed by atoms with van der Waals surface area (Å²) in [6.07, 6.45) is 1.77. The normalized spacial score (nSPS) is 14.4. The molecule has 1 N–H and O–H groups in total. The van der Waals surface area contributed by atoms with Crippen molar-refractivity contribution in [2.45, 2.75) is 20.8 Å². The molecule has 1 aromatic carbocycles. The summed E-state index contributed by atoms with van der Waals surface area (Å²) < 4.78 is 5.41. The molecule has 0 bridgehead atoms. The highest BCUT2D eigenvalue weighted by Gasteiger charge is 2.40. The maximum Gasteiger partial charge on any atom is 0.239 e. The Balaban J connectivity index is 1.58. The lowest BCUT2D eigenvalue weighted by molar-refractivity contribution is -0.146. The molecule has 2 aromatic rings. The summed E-state index contributed by atoms with van der Waals surface area (Å²) >= 11 is 0. The van der Waals surface area contributed by atoms with E-state index in [4.69, 9.17) is 4.74 Å². The highest BCUT2D eigenvalue weighted by molar-refractivity contribution is 6.09. The number of nitrogens with zero attached hydrogens (tertiary/aromatic N) is 3. The van der Waals surface area contributed by atoms with Crippen LogP contribution < -0.4 is 15.0 Å². The standard InChI is InChI=1S/C22H28N4O3/c1-4-29-18-10-8-17(9-11-18)24-20(27)22(2,3)21(28)26-15-13-25(14-16-26)19-7-5-6-12-23-19/h5-12H,4,13-16H2,1-3H3,(H,24,27). The molecule has 0 spiro atoms. The van der Waals surface area contributed by atoms with Crippen LogP contribution in [0.5, 0.6) is 5.75 Å². The van der Waals surface area contributed by atoms with E-state index in [1.54, 1.807) is 49.2 Å². The van der Waals surface area contributed by atoms with Gasteiger partial charge in [0.2, 0.25) is 11.8 Å². The van der Waals surface area contributed by atoms with Gasteiger partial charge in [-0.25, -0.2) is 4.98 Å². The Morgan fingerprint density at radius 2 is 1.76 bits per heavy atom. The lowest BCUT2D eigenvalue weighted by Gasteiger charge is -2.38. The Hall–Kier alpha value is -3.09. The van der Waals surface area contributed by atoms with E-state index in [0.29, 0.717) is 38.5 Å². The number of nitrogens with one attached hydrogen (secondary N) is 1. The number of pyridine rings is 1. The van der Waals surface area contributed by atoms with Crippen LogP contribution in [0.1, 0.15) is 20.8 Å². The fourth-order valence-electron chi connectivity index (χ4n) is 3.26. The number of amides is 2. The number of anilines is 2. The Bertz CT molecular complexity index is 829. The van der Waals surface area contributed by atoms with Crippen LogP contribution in [0.4, 0.5) is 11.5 Å². The average molecular weight is 396 g/mol. The first-order valence-electron chi connectivity index (χ1n) is 9.91. The molecule has 1 aliphatic heterocycles. The highest BCUT2D eigenvalue weighted by Crippen LogP contribution is 2.24. The van der Waals surface area contributed by atoms with Crippen LogP contribution in [0, 0.1) is 5.41 Å². The zero-order chi connectivity index (χ0) is 20.9. The van der Waals surface area contributed by atoms with Crippen LogP contribution in [0.2, 0.25) is 0 Å². The predicted molar refractivity (Wildman–Crippen MR) is 113 cm³/mol. The van der Waals surface area contributed by atoms with E-state index in [1.165, 1.54) is 0 Å². The molecule has 2 amide bonds. The molecule has 2 heterocycles. The molecule has 0 saturated carbocycles. The van der Waals surface area contributed by atoms with Gasteiger partial charge in [-0.1, -0.05) is 6.07 Å². The first-order chi connectivity index (χ1) is 13.9. The van der Waals surface area contributed by atoms with Gasteiger partial charge < -0.3 is 19.9 Å². The van der Waals surface area contributed by atoms with E-state index >= 15 is 0 Å². The molecule has 3 rings (SSSR count). The third kappa shape index (κ3) is 4.85. The number of hydrogen-bond acceptors (Lipinski definition) is 5. The number of rotatable bonds is 6. The smallest absolute Gasteiger partial charge is 0.239 e. The summed E-state index contributed by atoms with van der Waals surface area (Å²) in [5, 5.41) is 2.84. The van der Waals surface area contributed by atoms with Crippen LogP contribution in [0.25, 0.3) is 0 Å². The van der Waals surface area contributed by atoms with Gasteiger partial charge in [-0.2, -0.15) is 0 Å². The van der Waals surface area contributed by atoms with Gasteiger partial charge >= 0.3 is 0 Å². The Morgan fingerprint density at radius 1 is 1.07 bits per heavy atom. The third-order valence-corrected chi connectivity index (χ3v) is 5.07. The van der Waals surface area contributed by atoms with E-state index in [-0.39, 0.29) is 11.8 Å². The van der Waals surface area contributed by atoms with Crippen molar-refractivity contribution in [3.63, 3.8) is 0 Å². The van der Waals surface area contributed by atoms with Crippen molar-refractivity contribution < 1.29 is 14.3 Å². The molecule has 29 heavy (non-hydrogen) atoms. The summed E-state index contributed by atoms with van der Waals surface area (Å²) in [4.78, 5) is 34.1.